The molecule has 0 radical (unpaired) electrons. The zero-order valence-electron chi connectivity index (χ0n) is 12.0. The van der Waals surface area contributed by atoms with Gasteiger partial charge in [-0.1, -0.05) is 25.1 Å². The summed E-state index contributed by atoms with van der Waals surface area (Å²) in [7, 11) is 0. The molecule has 3 rings (SSSR count). The largest absolute Gasteiger partial charge is 0.302 e. The maximum absolute atomic E-state index is 11.9. The van der Waals surface area contributed by atoms with Crippen LogP contribution in [0, 0.1) is 11.8 Å². The van der Waals surface area contributed by atoms with Gasteiger partial charge in [-0.15, -0.1) is 0 Å². The third-order valence-corrected chi connectivity index (χ3v) is 6.59. The molecule has 3 nitrogen and oxygen atoms in total. The van der Waals surface area contributed by atoms with Crippen LogP contribution in [-0.4, -0.2) is 40.2 Å². The van der Waals surface area contributed by atoms with E-state index < -0.39 is 0 Å². The number of fused-ring (bicyclic) bond motifs is 1. The van der Waals surface area contributed by atoms with Crippen LogP contribution >= 0.6 is 11.8 Å². The molecule has 0 bridgehead atoms. The topological polar surface area (TPSA) is 32.7 Å². The SMILES string of the molecule is CCC1(C)SC(CCN2CC3CCCC3C2)=NC1=O. The van der Waals surface area contributed by atoms with Crippen molar-refractivity contribution in [2.45, 2.75) is 50.7 Å². The van der Waals surface area contributed by atoms with Gasteiger partial charge in [0.05, 0.1) is 9.79 Å². The molecule has 1 saturated carbocycles. The summed E-state index contributed by atoms with van der Waals surface area (Å²) in [5.41, 5.74) is 0. The first-order valence-electron chi connectivity index (χ1n) is 7.64. The van der Waals surface area contributed by atoms with Crippen LogP contribution in [0.5, 0.6) is 0 Å². The first-order chi connectivity index (χ1) is 9.10. The summed E-state index contributed by atoms with van der Waals surface area (Å²) in [4.78, 5) is 18.7. The van der Waals surface area contributed by atoms with Gasteiger partial charge in [-0.25, -0.2) is 4.99 Å². The van der Waals surface area contributed by atoms with Gasteiger partial charge in [0.2, 0.25) is 0 Å². The monoisotopic (exact) mass is 280 g/mol. The van der Waals surface area contributed by atoms with E-state index in [0.29, 0.717) is 0 Å². The number of thioether (sulfide) groups is 1. The number of nitrogens with zero attached hydrogens (tertiary/aromatic N) is 2. The van der Waals surface area contributed by atoms with Crippen LogP contribution in [-0.2, 0) is 4.79 Å². The van der Waals surface area contributed by atoms with Gasteiger partial charge in [0.1, 0.15) is 0 Å². The van der Waals surface area contributed by atoms with E-state index in [1.807, 2.05) is 6.92 Å². The van der Waals surface area contributed by atoms with E-state index >= 15 is 0 Å². The van der Waals surface area contributed by atoms with Crippen molar-refractivity contribution >= 4 is 22.7 Å². The molecule has 0 aromatic heterocycles. The molecule has 3 unspecified atom stereocenters. The number of rotatable bonds is 4. The maximum Gasteiger partial charge on any atom is 0.262 e. The lowest BCUT2D eigenvalue weighted by molar-refractivity contribution is -0.119. The Morgan fingerprint density at radius 3 is 2.63 bits per heavy atom. The molecule has 0 aromatic carbocycles. The Hall–Kier alpha value is -0.350. The highest BCUT2D eigenvalue weighted by atomic mass is 32.2. The summed E-state index contributed by atoms with van der Waals surface area (Å²) in [6.45, 7) is 7.75. The highest BCUT2D eigenvalue weighted by Crippen LogP contribution is 2.39. The predicted octanol–water partition coefficient (Wildman–Crippen LogP) is 2.95. The van der Waals surface area contributed by atoms with Crippen molar-refractivity contribution < 1.29 is 4.79 Å². The average molecular weight is 280 g/mol. The van der Waals surface area contributed by atoms with E-state index in [2.05, 4.69) is 16.8 Å². The first kappa shape index (κ1) is 13.6. The summed E-state index contributed by atoms with van der Waals surface area (Å²) < 4.78 is -0.281. The minimum atomic E-state index is -0.281. The number of aliphatic imine (C=N–C) groups is 1. The molecule has 3 atom stereocenters. The molecule has 19 heavy (non-hydrogen) atoms. The summed E-state index contributed by atoms with van der Waals surface area (Å²) in [5.74, 6) is 2.00. The van der Waals surface area contributed by atoms with E-state index in [9.17, 15) is 4.79 Å². The third-order valence-electron chi connectivity index (χ3n) is 5.14. The summed E-state index contributed by atoms with van der Waals surface area (Å²) >= 11 is 1.70. The second-order valence-corrected chi connectivity index (χ2v) is 8.03. The van der Waals surface area contributed by atoms with Crippen LogP contribution in [0.15, 0.2) is 4.99 Å². The van der Waals surface area contributed by atoms with E-state index in [4.69, 9.17) is 0 Å². The molecule has 2 fully saturated rings. The Morgan fingerprint density at radius 2 is 2.05 bits per heavy atom. The summed E-state index contributed by atoms with van der Waals surface area (Å²) in [6.07, 6.45) is 6.14. The van der Waals surface area contributed by atoms with Gasteiger partial charge in [-0.3, -0.25) is 4.79 Å². The molecular formula is C15H24N2OS. The van der Waals surface area contributed by atoms with Crippen LogP contribution in [0.25, 0.3) is 0 Å². The average Bonchev–Trinajstić information content (AvgIpc) is 3.02. The highest BCUT2D eigenvalue weighted by molar-refractivity contribution is 8.16. The number of carbonyl (C=O) groups excluding carboxylic acids is 1. The Labute approximate surface area is 120 Å². The highest BCUT2D eigenvalue weighted by Gasteiger charge is 2.40. The number of hydrogen-bond acceptors (Lipinski definition) is 3. The minimum Gasteiger partial charge on any atom is -0.302 e. The normalized spacial score (nSPS) is 38.8. The van der Waals surface area contributed by atoms with Crippen LogP contribution < -0.4 is 0 Å². The number of likely N-dealkylation sites (tertiary alicyclic amines) is 1. The number of carbonyl (C=O) groups is 1. The molecule has 3 aliphatic rings. The number of amides is 1. The van der Waals surface area contributed by atoms with Crippen LogP contribution in [0.2, 0.25) is 0 Å². The molecule has 1 amide bonds. The second kappa shape index (κ2) is 5.21. The Bertz CT molecular complexity index is 397. The van der Waals surface area contributed by atoms with Gasteiger partial charge in [-0.05, 0) is 38.0 Å². The van der Waals surface area contributed by atoms with E-state index in [1.54, 1.807) is 11.8 Å². The van der Waals surface area contributed by atoms with E-state index in [1.165, 1.54) is 32.4 Å². The van der Waals surface area contributed by atoms with Gasteiger partial charge in [0.25, 0.3) is 5.91 Å². The van der Waals surface area contributed by atoms with Crippen molar-refractivity contribution in [1.29, 1.82) is 0 Å². The molecule has 0 N–H and O–H groups in total. The van der Waals surface area contributed by atoms with E-state index in [-0.39, 0.29) is 10.7 Å². The third kappa shape index (κ3) is 2.62. The fourth-order valence-corrected chi connectivity index (χ4v) is 4.78. The fourth-order valence-electron chi connectivity index (χ4n) is 3.66. The van der Waals surface area contributed by atoms with Crippen LogP contribution in [0.4, 0.5) is 0 Å². The van der Waals surface area contributed by atoms with Gasteiger partial charge < -0.3 is 4.90 Å². The second-order valence-electron chi connectivity index (χ2n) is 6.46. The minimum absolute atomic E-state index is 0.0771. The lowest BCUT2D eigenvalue weighted by atomic mass is 10.0. The summed E-state index contributed by atoms with van der Waals surface area (Å²) in [5, 5.41) is 1.06. The van der Waals surface area contributed by atoms with Gasteiger partial charge in [0, 0.05) is 26.1 Å². The fraction of sp³-hybridized carbons (Fsp3) is 0.867. The smallest absolute Gasteiger partial charge is 0.262 e. The quantitative estimate of drug-likeness (QED) is 0.793. The standard InChI is InChI=1S/C15H24N2OS/c1-3-15(2)14(18)16-13(19-15)7-8-17-9-11-5-4-6-12(11)10-17/h11-12H,3-10H2,1-2H3. The molecule has 106 valence electrons. The van der Waals surface area contributed by atoms with E-state index in [0.717, 1.165) is 36.3 Å². The van der Waals surface area contributed by atoms with Gasteiger partial charge in [-0.2, -0.15) is 0 Å². The lowest BCUT2D eigenvalue weighted by Crippen LogP contribution is -2.26. The molecule has 2 heterocycles. The molecule has 0 aromatic rings. The Balaban J connectivity index is 1.49. The maximum atomic E-state index is 11.9. The zero-order chi connectivity index (χ0) is 13.5. The lowest BCUT2D eigenvalue weighted by Gasteiger charge is -2.18. The molecule has 0 spiro atoms. The first-order valence-corrected chi connectivity index (χ1v) is 8.46. The van der Waals surface area contributed by atoms with Gasteiger partial charge in [0.15, 0.2) is 0 Å². The predicted molar refractivity (Wildman–Crippen MR) is 80.6 cm³/mol. The zero-order valence-corrected chi connectivity index (χ0v) is 12.8. The van der Waals surface area contributed by atoms with Crippen LogP contribution in [0.1, 0.15) is 46.0 Å². The molecule has 4 heteroatoms. The van der Waals surface area contributed by atoms with Gasteiger partial charge >= 0.3 is 0 Å². The van der Waals surface area contributed by atoms with Crippen molar-refractivity contribution in [2.75, 3.05) is 19.6 Å². The Morgan fingerprint density at radius 1 is 1.37 bits per heavy atom. The van der Waals surface area contributed by atoms with Crippen molar-refractivity contribution in [3.8, 4) is 0 Å². The van der Waals surface area contributed by atoms with Crippen LogP contribution in [0.3, 0.4) is 0 Å². The van der Waals surface area contributed by atoms with Crippen molar-refractivity contribution in [1.82, 2.24) is 4.90 Å². The van der Waals surface area contributed by atoms with Crippen molar-refractivity contribution in [3.63, 3.8) is 0 Å². The summed E-state index contributed by atoms with van der Waals surface area (Å²) in [6, 6.07) is 0. The molecule has 2 aliphatic heterocycles. The van der Waals surface area contributed by atoms with Crippen molar-refractivity contribution in [3.05, 3.63) is 0 Å². The Kier molecular flexibility index (Phi) is 3.73. The number of hydrogen-bond donors (Lipinski definition) is 0. The molecule has 1 aliphatic carbocycles. The van der Waals surface area contributed by atoms with Crippen molar-refractivity contribution in [2.24, 2.45) is 16.8 Å². The molecular weight excluding hydrogens is 256 g/mol. The molecule has 1 saturated heterocycles.